The molecule has 3 rings (SSSR count). The van der Waals surface area contributed by atoms with Crippen LogP contribution in [0.3, 0.4) is 0 Å². The van der Waals surface area contributed by atoms with Gasteiger partial charge >= 0.3 is 0 Å². The molecule has 1 aromatic rings. The fourth-order valence-corrected chi connectivity index (χ4v) is 2.76. The van der Waals surface area contributed by atoms with E-state index >= 15 is 0 Å². The maximum Gasteiger partial charge on any atom is 0.162 e. The Morgan fingerprint density at radius 2 is 2.15 bits per heavy atom. The summed E-state index contributed by atoms with van der Waals surface area (Å²) >= 11 is 0. The number of ether oxygens (including phenoxy) is 1. The van der Waals surface area contributed by atoms with E-state index in [0.29, 0.717) is 11.7 Å². The van der Waals surface area contributed by atoms with E-state index in [1.54, 1.807) is 6.07 Å². The molecule has 1 saturated heterocycles. The van der Waals surface area contributed by atoms with Crippen molar-refractivity contribution in [2.45, 2.75) is 44.6 Å². The molecule has 3 nitrogen and oxygen atoms in total. The van der Waals surface area contributed by atoms with Crippen LogP contribution in [-0.2, 0) is 0 Å². The Balaban J connectivity index is 1.88. The Labute approximate surface area is 118 Å². The van der Waals surface area contributed by atoms with Crippen LogP contribution in [0.25, 0.3) is 0 Å². The van der Waals surface area contributed by atoms with Crippen LogP contribution >= 0.6 is 0 Å². The lowest BCUT2D eigenvalue weighted by molar-refractivity contribution is 0.101. The minimum Gasteiger partial charge on any atom is -0.489 e. The molecule has 0 radical (unpaired) electrons. The third kappa shape index (κ3) is 2.85. The van der Waals surface area contributed by atoms with Crippen LogP contribution in [0.15, 0.2) is 12.1 Å². The van der Waals surface area contributed by atoms with E-state index < -0.39 is 5.82 Å². The maximum atomic E-state index is 14.0. The molecule has 1 heterocycles. The van der Waals surface area contributed by atoms with Crippen molar-refractivity contribution in [2.75, 3.05) is 13.1 Å². The molecule has 0 spiro atoms. The van der Waals surface area contributed by atoms with Crippen molar-refractivity contribution in [1.29, 1.82) is 0 Å². The second-order valence-corrected chi connectivity index (χ2v) is 5.79. The van der Waals surface area contributed by atoms with E-state index in [0.717, 1.165) is 44.3 Å². The van der Waals surface area contributed by atoms with E-state index in [1.807, 2.05) is 0 Å². The highest BCUT2D eigenvalue weighted by molar-refractivity contribution is 5.94. The second kappa shape index (κ2) is 5.52. The molecule has 2 fully saturated rings. The molecular formula is C16H20FNO2. The van der Waals surface area contributed by atoms with Gasteiger partial charge < -0.3 is 10.1 Å². The third-order valence-electron chi connectivity index (χ3n) is 4.04. The topological polar surface area (TPSA) is 38.3 Å². The number of hydrogen-bond acceptors (Lipinski definition) is 3. The van der Waals surface area contributed by atoms with E-state index in [2.05, 4.69) is 5.32 Å². The van der Waals surface area contributed by atoms with Crippen molar-refractivity contribution in [3.8, 4) is 5.75 Å². The van der Waals surface area contributed by atoms with Crippen LogP contribution in [0.2, 0.25) is 0 Å². The molecule has 0 amide bonds. The molecule has 1 saturated carbocycles. The summed E-state index contributed by atoms with van der Waals surface area (Å²) in [6.07, 6.45) is 4.37. The van der Waals surface area contributed by atoms with Crippen molar-refractivity contribution < 1.29 is 13.9 Å². The minimum atomic E-state index is -0.472. The summed E-state index contributed by atoms with van der Waals surface area (Å²) in [5, 5.41) is 3.29. The fourth-order valence-electron chi connectivity index (χ4n) is 2.76. The lowest BCUT2D eigenvalue weighted by atomic mass is 10.0. The molecule has 1 aliphatic carbocycles. The Morgan fingerprint density at radius 3 is 2.75 bits per heavy atom. The van der Waals surface area contributed by atoms with Gasteiger partial charge in [0.05, 0.1) is 5.56 Å². The Hall–Kier alpha value is -1.42. The highest BCUT2D eigenvalue weighted by Gasteiger charge is 2.30. The molecule has 2 aliphatic rings. The van der Waals surface area contributed by atoms with Gasteiger partial charge in [0.25, 0.3) is 0 Å². The third-order valence-corrected chi connectivity index (χ3v) is 4.04. The van der Waals surface area contributed by atoms with Gasteiger partial charge in [0.1, 0.15) is 17.7 Å². The fraction of sp³-hybridized carbons (Fsp3) is 0.562. The number of benzene rings is 1. The molecule has 1 N–H and O–H groups in total. The largest absolute Gasteiger partial charge is 0.489 e. The van der Waals surface area contributed by atoms with Gasteiger partial charge in [-0.3, -0.25) is 4.79 Å². The predicted octanol–water partition coefficient (Wildman–Crippen LogP) is 3.04. The summed E-state index contributed by atoms with van der Waals surface area (Å²) in [6.45, 7) is 3.23. The zero-order chi connectivity index (χ0) is 14.1. The number of piperidine rings is 1. The predicted molar refractivity (Wildman–Crippen MR) is 74.9 cm³/mol. The normalized spacial score (nSPS) is 22.6. The average Bonchev–Trinajstić information content (AvgIpc) is 3.24. The van der Waals surface area contributed by atoms with Gasteiger partial charge in [-0.2, -0.15) is 0 Å². The smallest absolute Gasteiger partial charge is 0.162 e. The van der Waals surface area contributed by atoms with Crippen LogP contribution < -0.4 is 10.1 Å². The summed E-state index contributed by atoms with van der Waals surface area (Å²) in [7, 11) is 0. The van der Waals surface area contributed by atoms with Crippen molar-refractivity contribution in [3.63, 3.8) is 0 Å². The molecule has 108 valence electrons. The first kappa shape index (κ1) is 13.6. The Bertz CT molecular complexity index is 519. The maximum absolute atomic E-state index is 14.0. The quantitative estimate of drug-likeness (QED) is 0.860. The molecular weight excluding hydrogens is 257 g/mol. The zero-order valence-electron chi connectivity index (χ0n) is 11.7. The van der Waals surface area contributed by atoms with Crippen molar-refractivity contribution in [1.82, 2.24) is 5.32 Å². The van der Waals surface area contributed by atoms with Gasteiger partial charge in [-0.15, -0.1) is 0 Å². The van der Waals surface area contributed by atoms with Gasteiger partial charge in [-0.05, 0) is 56.7 Å². The number of hydrogen-bond donors (Lipinski definition) is 1. The van der Waals surface area contributed by atoms with E-state index in [-0.39, 0.29) is 17.5 Å². The Kier molecular flexibility index (Phi) is 3.74. The highest BCUT2D eigenvalue weighted by atomic mass is 19.1. The van der Waals surface area contributed by atoms with E-state index in [9.17, 15) is 9.18 Å². The van der Waals surface area contributed by atoms with Crippen LogP contribution in [0.5, 0.6) is 5.75 Å². The lowest BCUT2D eigenvalue weighted by Crippen LogP contribution is -2.37. The number of rotatable bonds is 4. The summed E-state index contributed by atoms with van der Waals surface area (Å²) in [4.78, 5) is 11.5. The molecule has 1 aliphatic heterocycles. The SMILES string of the molecule is CC(=O)c1cc(C2CC2)c(O[C@@H]2CCCNC2)cc1F. The zero-order valence-corrected chi connectivity index (χ0v) is 11.7. The van der Waals surface area contributed by atoms with Gasteiger partial charge in [0.15, 0.2) is 5.78 Å². The molecule has 1 atom stereocenters. The number of carbonyl (C=O) groups is 1. The molecule has 20 heavy (non-hydrogen) atoms. The average molecular weight is 277 g/mol. The molecule has 4 heteroatoms. The lowest BCUT2D eigenvalue weighted by Gasteiger charge is -2.25. The second-order valence-electron chi connectivity index (χ2n) is 5.79. The van der Waals surface area contributed by atoms with E-state index in [4.69, 9.17) is 4.74 Å². The van der Waals surface area contributed by atoms with Gasteiger partial charge in [0, 0.05) is 12.6 Å². The first-order valence-electron chi connectivity index (χ1n) is 7.37. The van der Waals surface area contributed by atoms with Crippen molar-refractivity contribution in [3.05, 3.63) is 29.1 Å². The van der Waals surface area contributed by atoms with Crippen molar-refractivity contribution >= 4 is 5.78 Å². The van der Waals surface area contributed by atoms with E-state index in [1.165, 1.54) is 13.0 Å². The van der Waals surface area contributed by atoms with Crippen LogP contribution in [-0.4, -0.2) is 25.0 Å². The summed E-state index contributed by atoms with van der Waals surface area (Å²) < 4.78 is 20.0. The van der Waals surface area contributed by atoms with Gasteiger partial charge in [-0.25, -0.2) is 4.39 Å². The van der Waals surface area contributed by atoms with Crippen LogP contribution in [0.4, 0.5) is 4.39 Å². The standard InChI is InChI=1S/C16H20FNO2/c1-10(19)13-7-14(11-4-5-11)16(8-15(13)17)20-12-3-2-6-18-9-12/h7-8,11-12,18H,2-6,9H2,1H3/t12-/m1/s1. The van der Waals surface area contributed by atoms with Crippen LogP contribution in [0.1, 0.15) is 54.4 Å². The number of carbonyl (C=O) groups excluding carboxylic acids is 1. The number of Topliss-reactive ketones (excluding diaryl/α,β-unsaturated/α-hetero) is 1. The first-order chi connectivity index (χ1) is 9.65. The molecule has 0 bridgehead atoms. The molecule has 0 unspecified atom stereocenters. The van der Waals surface area contributed by atoms with Crippen molar-refractivity contribution in [2.24, 2.45) is 0 Å². The summed E-state index contributed by atoms with van der Waals surface area (Å²) in [5.41, 5.74) is 1.18. The Morgan fingerprint density at radius 1 is 1.35 bits per heavy atom. The monoisotopic (exact) mass is 277 g/mol. The summed E-state index contributed by atoms with van der Waals surface area (Å²) in [6, 6.07) is 3.10. The summed E-state index contributed by atoms with van der Waals surface area (Å²) in [5.74, 6) is 0.361. The molecule has 1 aromatic carbocycles. The minimum absolute atomic E-state index is 0.101. The number of ketones is 1. The van der Waals surface area contributed by atoms with Gasteiger partial charge in [-0.1, -0.05) is 0 Å². The van der Waals surface area contributed by atoms with Crippen LogP contribution in [0, 0.1) is 5.82 Å². The number of halogens is 1. The van der Waals surface area contributed by atoms with Gasteiger partial charge in [0.2, 0.25) is 0 Å². The first-order valence-corrected chi connectivity index (χ1v) is 7.37. The number of nitrogens with one attached hydrogen (secondary N) is 1. The molecule has 0 aromatic heterocycles. The highest BCUT2D eigenvalue weighted by Crippen LogP contribution is 2.45.